The van der Waals surface area contributed by atoms with Gasteiger partial charge in [-0.05, 0) is 37.7 Å². The molecule has 1 aromatic rings. The van der Waals surface area contributed by atoms with Crippen molar-refractivity contribution >= 4 is 17.6 Å². The van der Waals surface area contributed by atoms with Crippen molar-refractivity contribution in [3.63, 3.8) is 0 Å². The van der Waals surface area contributed by atoms with E-state index in [0.717, 1.165) is 35.7 Å². The fraction of sp³-hybridized carbons (Fsp3) is 0.444. The molecule has 0 radical (unpaired) electrons. The lowest BCUT2D eigenvalue weighted by molar-refractivity contribution is -0.0139. The molecule has 5 N–H and O–H groups in total. The van der Waals surface area contributed by atoms with Gasteiger partial charge in [0, 0.05) is 23.8 Å². The van der Waals surface area contributed by atoms with E-state index in [-0.39, 0.29) is 6.23 Å². The summed E-state index contributed by atoms with van der Waals surface area (Å²) in [5.74, 6) is 0.419. The Bertz CT molecular complexity index is 613. The normalized spacial score (nSPS) is 18.6. The zero-order valence-electron chi connectivity index (χ0n) is 15.2. The van der Waals surface area contributed by atoms with Crippen LogP contribution in [0.2, 0.25) is 0 Å². The Balaban J connectivity index is 1.84. The van der Waals surface area contributed by atoms with Crippen LogP contribution in [0.4, 0.5) is 0 Å². The summed E-state index contributed by atoms with van der Waals surface area (Å²) < 4.78 is 5.57. The van der Waals surface area contributed by atoms with Crippen molar-refractivity contribution in [3.05, 3.63) is 53.3 Å². The second-order valence-electron chi connectivity index (χ2n) is 5.78. The Hall–Kier alpha value is -1.87. The van der Waals surface area contributed by atoms with Gasteiger partial charge in [0.1, 0.15) is 18.7 Å². The maximum absolute atomic E-state index is 6.02. The smallest absolute Gasteiger partial charge is 0.121 e. The van der Waals surface area contributed by atoms with Crippen molar-refractivity contribution in [3.8, 4) is 0 Å². The fourth-order valence-corrected chi connectivity index (χ4v) is 2.72. The number of rotatable bonds is 10. The molecule has 1 aliphatic rings. The lowest BCUT2D eigenvalue weighted by Crippen LogP contribution is -2.44. The Morgan fingerprint density at radius 2 is 2.38 bits per heavy atom. The number of hydrogen-bond donors (Lipinski definition) is 4. The van der Waals surface area contributed by atoms with Gasteiger partial charge in [-0.15, -0.1) is 11.8 Å². The van der Waals surface area contributed by atoms with Crippen LogP contribution in [-0.4, -0.2) is 36.6 Å². The first-order chi connectivity index (χ1) is 12.7. The van der Waals surface area contributed by atoms with E-state index in [1.54, 1.807) is 24.0 Å². The van der Waals surface area contributed by atoms with Gasteiger partial charge in [-0.1, -0.05) is 12.6 Å². The zero-order valence-corrected chi connectivity index (χ0v) is 16.0. The van der Waals surface area contributed by atoms with Gasteiger partial charge in [0.15, 0.2) is 0 Å². The summed E-state index contributed by atoms with van der Waals surface area (Å²) >= 11 is 1.56. The molecular formula is C18H28N6OS. The molecule has 2 heterocycles. The van der Waals surface area contributed by atoms with Crippen molar-refractivity contribution in [2.45, 2.75) is 32.0 Å². The molecule has 0 saturated carbocycles. The fourth-order valence-electron chi connectivity index (χ4n) is 2.37. The Morgan fingerprint density at radius 1 is 1.50 bits per heavy atom. The van der Waals surface area contributed by atoms with Crippen molar-refractivity contribution < 1.29 is 4.74 Å². The zero-order chi connectivity index (χ0) is 18.6. The first-order valence-corrected chi connectivity index (χ1v) is 9.90. The molecule has 0 aromatic carbocycles. The SMILES string of the molecule is C=C(SC)/C(=C\C(N)=NCNNC1CCCCO1)NCc1ccccn1. The minimum Gasteiger partial charge on any atom is -0.384 e. The molecule has 142 valence electrons. The third-order valence-electron chi connectivity index (χ3n) is 3.81. The lowest BCUT2D eigenvalue weighted by Gasteiger charge is -2.23. The summed E-state index contributed by atoms with van der Waals surface area (Å²) in [6.45, 7) is 5.81. The van der Waals surface area contributed by atoms with Crippen molar-refractivity contribution in [2.24, 2.45) is 10.7 Å². The van der Waals surface area contributed by atoms with Crippen molar-refractivity contribution in [2.75, 3.05) is 19.5 Å². The summed E-state index contributed by atoms with van der Waals surface area (Å²) in [5, 5.41) is 3.32. The second-order valence-corrected chi connectivity index (χ2v) is 6.68. The number of pyridine rings is 1. The molecule has 7 nitrogen and oxygen atoms in total. The van der Waals surface area contributed by atoms with E-state index in [1.165, 1.54) is 6.42 Å². The molecule has 2 rings (SSSR count). The van der Waals surface area contributed by atoms with E-state index in [0.29, 0.717) is 19.0 Å². The number of hydrazine groups is 1. The van der Waals surface area contributed by atoms with Crippen LogP contribution in [0.5, 0.6) is 0 Å². The highest BCUT2D eigenvalue weighted by Gasteiger charge is 2.11. The molecule has 1 unspecified atom stereocenters. The van der Waals surface area contributed by atoms with Gasteiger partial charge in [-0.2, -0.15) is 0 Å². The minimum atomic E-state index is 0.0441. The molecule has 0 amide bonds. The van der Waals surface area contributed by atoms with Crippen LogP contribution in [0.15, 0.2) is 52.6 Å². The molecule has 8 heteroatoms. The third kappa shape index (κ3) is 7.57. The van der Waals surface area contributed by atoms with Gasteiger partial charge >= 0.3 is 0 Å². The summed E-state index contributed by atoms with van der Waals surface area (Å²) in [5.41, 5.74) is 14.0. The average Bonchev–Trinajstić information content (AvgIpc) is 2.69. The molecule has 0 aliphatic carbocycles. The predicted molar refractivity (Wildman–Crippen MR) is 108 cm³/mol. The van der Waals surface area contributed by atoms with Crippen LogP contribution in [0, 0.1) is 0 Å². The molecule has 1 atom stereocenters. The van der Waals surface area contributed by atoms with Gasteiger partial charge in [-0.3, -0.25) is 9.98 Å². The average molecular weight is 377 g/mol. The largest absolute Gasteiger partial charge is 0.384 e. The summed E-state index contributed by atoms with van der Waals surface area (Å²) in [6, 6.07) is 5.82. The third-order valence-corrected chi connectivity index (χ3v) is 4.52. The van der Waals surface area contributed by atoms with Crippen molar-refractivity contribution in [1.29, 1.82) is 0 Å². The molecule has 1 aliphatic heterocycles. The van der Waals surface area contributed by atoms with Crippen LogP contribution in [0.1, 0.15) is 25.0 Å². The monoisotopic (exact) mass is 376 g/mol. The number of nitrogens with two attached hydrogens (primary N) is 1. The van der Waals surface area contributed by atoms with Gasteiger partial charge < -0.3 is 15.8 Å². The molecule has 0 spiro atoms. The van der Waals surface area contributed by atoms with E-state index in [9.17, 15) is 0 Å². The van der Waals surface area contributed by atoms with E-state index in [2.05, 4.69) is 32.7 Å². The highest BCUT2D eigenvalue weighted by molar-refractivity contribution is 8.02. The highest BCUT2D eigenvalue weighted by Crippen LogP contribution is 2.17. The molecule has 1 saturated heterocycles. The van der Waals surface area contributed by atoms with Crippen LogP contribution >= 0.6 is 11.8 Å². The standard InChI is InChI=1S/C18H28N6OS/c1-14(26-2)16(21-12-15-7-3-5-9-20-15)11-17(19)22-13-23-24-18-8-4-6-10-25-18/h3,5,7,9,11,18,21,23-24H,1,4,6,8,10,12-13H2,2H3,(H2,19,22)/b16-11+. The van der Waals surface area contributed by atoms with Gasteiger partial charge in [0.25, 0.3) is 0 Å². The number of aliphatic imine (C=N–C) groups is 1. The minimum absolute atomic E-state index is 0.0441. The quantitative estimate of drug-likeness (QED) is 0.163. The van der Waals surface area contributed by atoms with E-state index in [4.69, 9.17) is 10.5 Å². The number of aromatic nitrogens is 1. The predicted octanol–water partition coefficient (Wildman–Crippen LogP) is 1.87. The topological polar surface area (TPSA) is 96.6 Å². The summed E-state index contributed by atoms with van der Waals surface area (Å²) in [4.78, 5) is 9.49. The number of amidine groups is 1. The van der Waals surface area contributed by atoms with Crippen LogP contribution < -0.4 is 21.9 Å². The van der Waals surface area contributed by atoms with Gasteiger partial charge in [0.2, 0.25) is 0 Å². The first kappa shape index (κ1) is 20.4. The Kier molecular flexibility index (Phi) is 9.19. The Labute approximate surface area is 159 Å². The van der Waals surface area contributed by atoms with Crippen LogP contribution in [0.25, 0.3) is 0 Å². The van der Waals surface area contributed by atoms with Gasteiger partial charge in [-0.25, -0.2) is 10.9 Å². The number of nitrogens with one attached hydrogen (secondary N) is 3. The van der Waals surface area contributed by atoms with Crippen molar-refractivity contribution in [1.82, 2.24) is 21.2 Å². The second kappa shape index (κ2) is 11.7. The van der Waals surface area contributed by atoms with Crippen LogP contribution in [0.3, 0.4) is 0 Å². The number of thioether (sulfide) groups is 1. The molecular weight excluding hydrogens is 348 g/mol. The maximum atomic E-state index is 6.02. The highest BCUT2D eigenvalue weighted by atomic mass is 32.2. The Morgan fingerprint density at radius 3 is 3.08 bits per heavy atom. The number of nitrogens with zero attached hydrogens (tertiary/aromatic N) is 2. The van der Waals surface area contributed by atoms with E-state index in [1.807, 2.05) is 24.5 Å². The molecule has 1 fully saturated rings. The van der Waals surface area contributed by atoms with Gasteiger partial charge in [0.05, 0.1) is 17.9 Å². The maximum Gasteiger partial charge on any atom is 0.121 e. The summed E-state index contributed by atoms with van der Waals surface area (Å²) in [6.07, 6.45) is 8.89. The van der Waals surface area contributed by atoms with E-state index < -0.39 is 0 Å². The lowest BCUT2D eigenvalue weighted by atomic mass is 10.2. The first-order valence-electron chi connectivity index (χ1n) is 8.67. The van der Waals surface area contributed by atoms with Crippen LogP contribution in [-0.2, 0) is 11.3 Å². The molecule has 26 heavy (non-hydrogen) atoms. The number of ether oxygens (including phenoxy) is 1. The molecule has 0 bridgehead atoms. The number of hydrogen-bond acceptors (Lipinski definition) is 7. The summed E-state index contributed by atoms with van der Waals surface area (Å²) in [7, 11) is 0. The molecule has 1 aromatic heterocycles. The van der Waals surface area contributed by atoms with E-state index >= 15 is 0 Å².